The van der Waals surface area contributed by atoms with Gasteiger partial charge in [-0.15, -0.1) is 0 Å². The molecule has 116 valence electrons. The van der Waals surface area contributed by atoms with E-state index in [1.807, 2.05) is 4.68 Å². The number of nitrogens with zero attached hydrogens (tertiary/aromatic N) is 4. The summed E-state index contributed by atoms with van der Waals surface area (Å²) >= 11 is 0. The van der Waals surface area contributed by atoms with Crippen LogP contribution in [-0.4, -0.2) is 38.7 Å². The van der Waals surface area contributed by atoms with Gasteiger partial charge in [0.25, 0.3) is 0 Å². The van der Waals surface area contributed by atoms with Crippen LogP contribution in [-0.2, 0) is 4.79 Å². The third-order valence-corrected chi connectivity index (χ3v) is 5.07. The number of rotatable bonds is 3. The molecule has 1 aromatic heterocycles. The Kier molecular flexibility index (Phi) is 4.56. The monoisotopic (exact) mass is 290 g/mol. The molecule has 1 saturated carbocycles. The van der Waals surface area contributed by atoms with Gasteiger partial charge in [-0.05, 0) is 37.5 Å². The van der Waals surface area contributed by atoms with E-state index in [1.54, 1.807) is 12.7 Å². The predicted octanol–water partition coefficient (Wildman–Crippen LogP) is 2.66. The first-order valence-corrected chi connectivity index (χ1v) is 8.34. The highest BCUT2D eigenvalue weighted by molar-refractivity contribution is 5.76. The zero-order chi connectivity index (χ0) is 14.7. The standard InChI is InChI=1S/C16H26N4O/c1-13-4-2-5-14(8-13)9-16(21)19-7-3-6-15(10-19)20-12-17-11-18-20/h11-15H,2-10H2,1H3/t13-,14-,15+/m1/s1. The quantitative estimate of drug-likeness (QED) is 0.860. The smallest absolute Gasteiger partial charge is 0.222 e. The van der Waals surface area contributed by atoms with E-state index >= 15 is 0 Å². The fourth-order valence-electron chi connectivity index (χ4n) is 3.92. The Morgan fingerprint density at radius 1 is 1.29 bits per heavy atom. The number of aromatic nitrogens is 3. The Morgan fingerprint density at radius 2 is 2.19 bits per heavy atom. The van der Waals surface area contributed by atoms with Crippen LogP contribution in [0.3, 0.4) is 0 Å². The molecule has 1 saturated heterocycles. The zero-order valence-electron chi connectivity index (χ0n) is 12.9. The van der Waals surface area contributed by atoms with Crippen molar-refractivity contribution >= 4 is 5.91 Å². The highest BCUT2D eigenvalue weighted by Gasteiger charge is 2.28. The summed E-state index contributed by atoms with van der Waals surface area (Å²) in [4.78, 5) is 18.6. The molecule has 0 spiro atoms. The summed E-state index contributed by atoms with van der Waals surface area (Å²) in [6.45, 7) is 4.02. The summed E-state index contributed by atoms with van der Waals surface area (Å²) in [6, 6.07) is 0.301. The lowest BCUT2D eigenvalue weighted by Crippen LogP contribution is -2.41. The van der Waals surface area contributed by atoms with Crippen LogP contribution in [0.1, 0.15) is 57.9 Å². The SMILES string of the molecule is C[C@@H]1CCC[C@@H](CC(=O)N2CCC[C@H](n3cncn3)C2)C1. The second-order valence-electron chi connectivity index (χ2n) is 6.85. The minimum atomic E-state index is 0.301. The minimum absolute atomic E-state index is 0.301. The van der Waals surface area contributed by atoms with Crippen LogP contribution in [0.4, 0.5) is 0 Å². The first kappa shape index (κ1) is 14.5. The first-order chi connectivity index (χ1) is 10.2. The number of hydrogen-bond donors (Lipinski definition) is 0. The van der Waals surface area contributed by atoms with Gasteiger partial charge in [-0.1, -0.05) is 19.8 Å². The van der Waals surface area contributed by atoms with Gasteiger partial charge < -0.3 is 4.90 Å². The highest BCUT2D eigenvalue weighted by Crippen LogP contribution is 2.31. The Bertz CT molecular complexity index is 459. The van der Waals surface area contributed by atoms with E-state index in [0.29, 0.717) is 17.9 Å². The molecule has 3 rings (SSSR count). The van der Waals surface area contributed by atoms with Gasteiger partial charge in [0.15, 0.2) is 0 Å². The van der Waals surface area contributed by atoms with Crippen LogP contribution >= 0.6 is 0 Å². The van der Waals surface area contributed by atoms with Gasteiger partial charge in [0.1, 0.15) is 12.7 Å². The van der Waals surface area contributed by atoms with Gasteiger partial charge >= 0.3 is 0 Å². The van der Waals surface area contributed by atoms with E-state index in [1.165, 1.54) is 25.7 Å². The lowest BCUT2D eigenvalue weighted by molar-refractivity contribution is -0.134. The van der Waals surface area contributed by atoms with Crippen LogP contribution in [0.5, 0.6) is 0 Å². The Balaban J connectivity index is 1.54. The van der Waals surface area contributed by atoms with Crippen molar-refractivity contribution in [2.75, 3.05) is 13.1 Å². The fraction of sp³-hybridized carbons (Fsp3) is 0.812. The van der Waals surface area contributed by atoms with Gasteiger partial charge in [0.05, 0.1) is 6.04 Å². The second-order valence-corrected chi connectivity index (χ2v) is 6.85. The van der Waals surface area contributed by atoms with Crippen LogP contribution in [0.25, 0.3) is 0 Å². The number of piperidine rings is 1. The maximum atomic E-state index is 12.6. The Labute approximate surface area is 126 Å². The average molecular weight is 290 g/mol. The molecule has 5 nitrogen and oxygen atoms in total. The topological polar surface area (TPSA) is 51.0 Å². The zero-order valence-corrected chi connectivity index (χ0v) is 12.9. The van der Waals surface area contributed by atoms with Crippen molar-refractivity contribution < 1.29 is 4.79 Å². The summed E-state index contributed by atoms with van der Waals surface area (Å²) in [5.41, 5.74) is 0. The van der Waals surface area contributed by atoms with Crippen molar-refractivity contribution in [2.24, 2.45) is 11.8 Å². The summed E-state index contributed by atoms with van der Waals surface area (Å²) in [5, 5.41) is 4.23. The Morgan fingerprint density at radius 3 is 2.95 bits per heavy atom. The maximum absolute atomic E-state index is 12.6. The molecule has 0 aromatic carbocycles. The van der Waals surface area contributed by atoms with E-state index in [-0.39, 0.29) is 0 Å². The number of carbonyl (C=O) groups excluding carboxylic acids is 1. The second kappa shape index (κ2) is 6.58. The first-order valence-electron chi connectivity index (χ1n) is 8.34. The lowest BCUT2D eigenvalue weighted by atomic mass is 9.80. The van der Waals surface area contributed by atoms with E-state index < -0.39 is 0 Å². The molecule has 1 amide bonds. The van der Waals surface area contributed by atoms with Crippen LogP contribution in [0.2, 0.25) is 0 Å². The van der Waals surface area contributed by atoms with E-state index in [2.05, 4.69) is 21.9 Å². The van der Waals surface area contributed by atoms with Gasteiger partial charge in [-0.2, -0.15) is 5.10 Å². The average Bonchev–Trinajstić information content (AvgIpc) is 3.02. The molecule has 3 atom stereocenters. The van der Waals surface area contributed by atoms with Crippen molar-refractivity contribution in [3.05, 3.63) is 12.7 Å². The summed E-state index contributed by atoms with van der Waals surface area (Å²) in [5.74, 6) is 1.74. The lowest BCUT2D eigenvalue weighted by Gasteiger charge is -2.34. The van der Waals surface area contributed by atoms with E-state index in [4.69, 9.17) is 0 Å². The number of hydrogen-bond acceptors (Lipinski definition) is 3. The molecule has 0 N–H and O–H groups in total. The van der Waals surface area contributed by atoms with Crippen molar-refractivity contribution in [1.29, 1.82) is 0 Å². The molecule has 1 aliphatic carbocycles. The Hall–Kier alpha value is -1.39. The summed E-state index contributed by atoms with van der Waals surface area (Å²) in [7, 11) is 0. The molecule has 2 heterocycles. The third-order valence-electron chi connectivity index (χ3n) is 5.07. The molecule has 21 heavy (non-hydrogen) atoms. The number of amides is 1. The molecule has 2 fully saturated rings. The van der Waals surface area contributed by atoms with Crippen LogP contribution in [0.15, 0.2) is 12.7 Å². The molecular weight excluding hydrogens is 264 g/mol. The van der Waals surface area contributed by atoms with E-state index in [9.17, 15) is 4.79 Å². The summed E-state index contributed by atoms with van der Waals surface area (Å²) in [6.07, 6.45) is 11.3. The molecule has 2 aliphatic rings. The number of likely N-dealkylation sites (tertiary alicyclic amines) is 1. The number of carbonyl (C=O) groups is 1. The van der Waals surface area contributed by atoms with Crippen LogP contribution < -0.4 is 0 Å². The highest BCUT2D eigenvalue weighted by atomic mass is 16.2. The van der Waals surface area contributed by atoms with Crippen LogP contribution in [0, 0.1) is 11.8 Å². The molecule has 0 unspecified atom stereocenters. The van der Waals surface area contributed by atoms with E-state index in [0.717, 1.165) is 38.3 Å². The molecular formula is C16H26N4O. The third kappa shape index (κ3) is 3.63. The van der Waals surface area contributed by atoms with Gasteiger partial charge in [-0.25, -0.2) is 9.67 Å². The molecule has 5 heteroatoms. The van der Waals surface area contributed by atoms with Crippen molar-refractivity contribution in [1.82, 2.24) is 19.7 Å². The largest absolute Gasteiger partial charge is 0.341 e. The van der Waals surface area contributed by atoms with Crippen molar-refractivity contribution in [3.8, 4) is 0 Å². The van der Waals surface area contributed by atoms with Crippen molar-refractivity contribution in [2.45, 2.75) is 57.9 Å². The predicted molar refractivity (Wildman–Crippen MR) is 80.6 cm³/mol. The van der Waals surface area contributed by atoms with Gasteiger partial charge in [0, 0.05) is 19.5 Å². The van der Waals surface area contributed by atoms with Gasteiger partial charge in [-0.3, -0.25) is 4.79 Å². The molecule has 1 aliphatic heterocycles. The maximum Gasteiger partial charge on any atom is 0.222 e. The summed E-state index contributed by atoms with van der Waals surface area (Å²) < 4.78 is 1.90. The van der Waals surface area contributed by atoms with Gasteiger partial charge in [0.2, 0.25) is 5.91 Å². The molecule has 1 aromatic rings. The molecule has 0 radical (unpaired) electrons. The normalized spacial score (nSPS) is 30.3. The van der Waals surface area contributed by atoms with Crippen molar-refractivity contribution in [3.63, 3.8) is 0 Å². The fourth-order valence-corrected chi connectivity index (χ4v) is 3.92. The minimum Gasteiger partial charge on any atom is -0.341 e. The molecule has 0 bridgehead atoms.